The van der Waals surface area contributed by atoms with Crippen molar-refractivity contribution in [2.24, 2.45) is 17.8 Å². The van der Waals surface area contributed by atoms with Crippen LogP contribution in [-0.2, 0) is 22.6 Å². The fraction of sp³-hybridized carbons (Fsp3) is 0.414. The molecule has 4 rings (SSSR count). The SMILES string of the molecule is Cc1cc(COc2ccc(C[C@@H]3C[C@@H]3C(=O)N[C@@H](CC(C)C)C(=O)N(C)O)cc2)c2ccccc2n1. The lowest BCUT2D eigenvalue weighted by atomic mass is 10.0. The van der Waals surface area contributed by atoms with Gasteiger partial charge in [0.05, 0.1) is 5.52 Å². The molecular formula is C29H35N3O4. The molecule has 7 heteroatoms. The van der Waals surface area contributed by atoms with E-state index in [0.717, 1.165) is 46.3 Å². The van der Waals surface area contributed by atoms with Gasteiger partial charge < -0.3 is 10.1 Å². The summed E-state index contributed by atoms with van der Waals surface area (Å²) in [5, 5.41) is 14.0. The fourth-order valence-corrected chi connectivity index (χ4v) is 4.69. The van der Waals surface area contributed by atoms with E-state index in [1.165, 1.54) is 7.05 Å². The normalized spacial score (nSPS) is 17.6. The number of benzene rings is 2. The number of rotatable bonds is 10. The zero-order chi connectivity index (χ0) is 25.8. The number of nitrogens with one attached hydrogen (secondary N) is 1. The second-order valence-electron chi connectivity index (χ2n) is 10.2. The molecule has 1 aromatic heterocycles. The number of pyridine rings is 1. The summed E-state index contributed by atoms with van der Waals surface area (Å²) >= 11 is 0. The van der Waals surface area contributed by atoms with Gasteiger partial charge in [-0.25, -0.2) is 5.06 Å². The first-order chi connectivity index (χ1) is 17.2. The molecule has 190 valence electrons. The smallest absolute Gasteiger partial charge is 0.268 e. The number of amides is 2. The summed E-state index contributed by atoms with van der Waals surface area (Å²) in [6.07, 6.45) is 2.09. The minimum Gasteiger partial charge on any atom is -0.489 e. The maximum Gasteiger partial charge on any atom is 0.268 e. The quantitative estimate of drug-likeness (QED) is 0.319. The molecule has 7 nitrogen and oxygen atoms in total. The van der Waals surface area contributed by atoms with Gasteiger partial charge in [0.15, 0.2) is 0 Å². The molecule has 0 radical (unpaired) electrons. The number of likely N-dealkylation sites (N-methyl/N-ethyl adjacent to an activating group) is 1. The van der Waals surface area contributed by atoms with Gasteiger partial charge in [-0.05, 0) is 67.9 Å². The van der Waals surface area contributed by atoms with Gasteiger partial charge in [0.2, 0.25) is 5.91 Å². The molecule has 36 heavy (non-hydrogen) atoms. The number of ether oxygens (including phenoxy) is 1. The van der Waals surface area contributed by atoms with Crippen LogP contribution in [0.1, 0.15) is 43.5 Å². The van der Waals surface area contributed by atoms with Crippen molar-refractivity contribution >= 4 is 22.7 Å². The number of hydrogen-bond acceptors (Lipinski definition) is 5. The zero-order valence-electron chi connectivity index (χ0n) is 21.4. The number of hydrogen-bond donors (Lipinski definition) is 2. The monoisotopic (exact) mass is 489 g/mol. The molecule has 0 aliphatic heterocycles. The van der Waals surface area contributed by atoms with E-state index < -0.39 is 11.9 Å². The van der Waals surface area contributed by atoms with Crippen LogP contribution in [0.5, 0.6) is 5.75 Å². The molecule has 0 bridgehead atoms. The Labute approximate surface area is 212 Å². The average Bonchev–Trinajstić information content (AvgIpc) is 3.61. The lowest BCUT2D eigenvalue weighted by Crippen LogP contribution is -2.47. The van der Waals surface area contributed by atoms with Gasteiger partial charge in [0.25, 0.3) is 5.91 Å². The van der Waals surface area contributed by atoms with E-state index in [4.69, 9.17) is 4.74 Å². The third-order valence-corrected chi connectivity index (χ3v) is 6.65. The summed E-state index contributed by atoms with van der Waals surface area (Å²) in [6.45, 7) is 6.42. The molecule has 0 unspecified atom stereocenters. The standard InChI is InChI=1S/C29H35N3O4/c1-18(2)13-27(29(34)32(4)35)31-28(33)25-16-21(25)15-20-9-11-23(12-10-20)36-17-22-14-19(3)30-26-8-6-5-7-24(22)26/h5-12,14,18,21,25,27,35H,13,15-17H2,1-4H3,(H,31,33)/t21-,25+,27+/m1/s1. The number of carbonyl (C=O) groups excluding carboxylic acids is 2. The number of para-hydroxylation sites is 1. The molecule has 2 aromatic carbocycles. The van der Waals surface area contributed by atoms with Crippen molar-refractivity contribution in [3.63, 3.8) is 0 Å². The molecule has 1 fully saturated rings. The highest BCUT2D eigenvalue weighted by Crippen LogP contribution is 2.41. The molecule has 1 aliphatic carbocycles. The molecule has 2 amide bonds. The summed E-state index contributed by atoms with van der Waals surface area (Å²) in [7, 11) is 1.29. The summed E-state index contributed by atoms with van der Waals surface area (Å²) in [5.74, 6) is 0.572. The highest BCUT2D eigenvalue weighted by atomic mass is 16.5. The Morgan fingerprint density at radius 2 is 1.89 bits per heavy atom. The van der Waals surface area contributed by atoms with Crippen LogP contribution in [0, 0.1) is 24.7 Å². The largest absolute Gasteiger partial charge is 0.489 e. The van der Waals surface area contributed by atoms with Crippen molar-refractivity contribution in [2.75, 3.05) is 7.05 Å². The topological polar surface area (TPSA) is 91.8 Å². The number of hydroxylamine groups is 2. The first-order valence-corrected chi connectivity index (χ1v) is 12.5. The van der Waals surface area contributed by atoms with Crippen LogP contribution < -0.4 is 10.1 Å². The molecular weight excluding hydrogens is 454 g/mol. The zero-order valence-corrected chi connectivity index (χ0v) is 21.4. The van der Waals surface area contributed by atoms with Gasteiger partial charge in [-0.15, -0.1) is 0 Å². The van der Waals surface area contributed by atoms with E-state index in [9.17, 15) is 14.8 Å². The molecule has 1 aliphatic rings. The summed E-state index contributed by atoms with van der Waals surface area (Å²) in [4.78, 5) is 29.5. The molecule has 0 spiro atoms. The Bertz CT molecular complexity index is 1220. The van der Waals surface area contributed by atoms with Gasteiger partial charge in [0.1, 0.15) is 18.4 Å². The van der Waals surface area contributed by atoms with Crippen LogP contribution in [0.15, 0.2) is 54.6 Å². The maximum absolute atomic E-state index is 12.7. The van der Waals surface area contributed by atoms with Crippen molar-refractivity contribution in [1.29, 1.82) is 0 Å². The van der Waals surface area contributed by atoms with Crippen molar-refractivity contribution < 1.29 is 19.5 Å². The van der Waals surface area contributed by atoms with Crippen LogP contribution in [0.2, 0.25) is 0 Å². The third kappa shape index (κ3) is 6.40. The lowest BCUT2D eigenvalue weighted by molar-refractivity contribution is -0.163. The van der Waals surface area contributed by atoms with Crippen LogP contribution in [0.4, 0.5) is 0 Å². The van der Waals surface area contributed by atoms with Crippen LogP contribution >= 0.6 is 0 Å². The van der Waals surface area contributed by atoms with E-state index in [1.807, 2.05) is 63.2 Å². The summed E-state index contributed by atoms with van der Waals surface area (Å²) < 4.78 is 6.06. The number of aromatic nitrogens is 1. The van der Waals surface area contributed by atoms with Crippen molar-refractivity contribution in [2.45, 2.75) is 52.7 Å². The molecule has 1 heterocycles. The summed E-state index contributed by atoms with van der Waals surface area (Å²) in [6, 6.07) is 17.5. The minimum absolute atomic E-state index is 0.101. The van der Waals surface area contributed by atoms with E-state index in [0.29, 0.717) is 18.1 Å². The summed E-state index contributed by atoms with van der Waals surface area (Å²) in [5.41, 5.74) is 4.19. The van der Waals surface area contributed by atoms with Crippen LogP contribution in [0.25, 0.3) is 10.9 Å². The highest BCUT2D eigenvalue weighted by molar-refractivity contribution is 5.89. The second-order valence-corrected chi connectivity index (χ2v) is 10.2. The van der Waals surface area contributed by atoms with Gasteiger partial charge in [-0.3, -0.25) is 19.8 Å². The lowest BCUT2D eigenvalue weighted by Gasteiger charge is -2.22. The number of fused-ring (bicyclic) bond motifs is 1. The average molecular weight is 490 g/mol. The van der Waals surface area contributed by atoms with Crippen molar-refractivity contribution in [1.82, 2.24) is 15.4 Å². The van der Waals surface area contributed by atoms with E-state index in [-0.39, 0.29) is 23.7 Å². The molecule has 2 N–H and O–H groups in total. The van der Waals surface area contributed by atoms with E-state index >= 15 is 0 Å². The molecule has 3 aromatic rings. The fourth-order valence-electron chi connectivity index (χ4n) is 4.69. The van der Waals surface area contributed by atoms with Gasteiger partial charge in [0, 0.05) is 29.6 Å². The number of aryl methyl sites for hydroxylation is 1. The molecule has 1 saturated carbocycles. The third-order valence-electron chi connectivity index (χ3n) is 6.65. The van der Waals surface area contributed by atoms with E-state index in [1.54, 1.807) is 0 Å². The number of carbonyl (C=O) groups is 2. The predicted octanol–water partition coefficient (Wildman–Crippen LogP) is 4.68. The van der Waals surface area contributed by atoms with Gasteiger partial charge in [-0.2, -0.15) is 0 Å². The minimum atomic E-state index is -0.702. The maximum atomic E-state index is 12.7. The highest BCUT2D eigenvalue weighted by Gasteiger charge is 2.43. The van der Waals surface area contributed by atoms with Gasteiger partial charge >= 0.3 is 0 Å². The first kappa shape index (κ1) is 25.6. The molecule has 0 saturated heterocycles. The Kier molecular flexibility index (Phi) is 7.89. The predicted molar refractivity (Wildman–Crippen MR) is 138 cm³/mol. The second kappa shape index (κ2) is 11.1. The van der Waals surface area contributed by atoms with Crippen molar-refractivity contribution in [3.05, 3.63) is 71.4 Å². The molecule has 3 atom stereocenters. The van der Waals surface area contributed by atoms with Gasteiger partial charge in [-0.1, -0.05) is 44.2 Å². The van der Waals surface area contributed by atoms with Crippen LogP contribution in [0.3, 0.4) is 0 Å². The van der Waals surface area contributed by atoms with E-state index in [2.05, 4.69) is 22.4 Å². The first-order valence-electron chi connectivity index (χ1n) is 12.5. The Morgan fingerprint density at radius 3 is 2.58 bits per heavy atom. The Hall–Kier alpha value is -3.45. The Balaban J connectivity index is 1.30. The number of nitrogens with zero attached hydrogens (tertiary/aromatic N) is 2. The van der Waals surface area contributed by atoms with Crippen LogP contribution in [-0.4, -0.2) is 40.2 Å². The Morgan fingerprint density at radius 1 is 1.17 bits per heavy atom. The van der Waals surface area contributed by atoms with Crippen molar-refractivity contribution in [3.8, 4) is 5.75 Å².